The number of β-amino-alcohol motifs (C(OH)–C–C–N with tert-alkyl or cyclic N) is 1. The Morgan fingerprint density at radius 1 is 1.18 bits per heavy atom. The fourth-order valence-electron chi connectivity index (χ4n) is 4.71. The molecule has 0 saturated carbocycles. The maximum absolute atomic E-state index is 13.2. The van der Waals surface area contributed by atoms with Crippen LogP contribution in [0.4, 0.5) is 0 Å². The van der Waals surface area contributed by atoms with Crippen LogP contribution in [0.1, 0.15) is 45.2 Å². The van der Waals surface area contributed by atoms with E-state index in [0.717, 1.165) is 16.6 Å². The van der Waals surface area contributed by atoms with Crippen molar-refractivity contribution in [3.8, 4) is 11.5 Å². The molecule has 176 valence electrons. The molecule has 4 aromatic heterocycles. The van der Waals surface area contributed by atoms with Gasteiger partial charge in [-0.15, -0.1) is 0 Å². The van der Waals surface area contributed by atoms with E-state index < -0.39 is 5.60 Å². The lowest BCUT2D eigenvalue weighted by atomic mass is 10.1. The maximum atomic E-state index is 13.2. The topological polar surface area (TPSA) is 101 Å². The minimum absolute atomic E-state index is 0.127. The zero-order valence-electron chi connectivity index (χ0n) is 19.6. The van der Waals surface area contributed by atoms with Crippen molar-refractivity contribution in [1.29, 1.82) is 0 Å². The van der Waals surface area contributed by atoms with Gasteiger partial charge in [0.25, 0.3) is 11.8 Å². The highest BCUT2D eigenvalue weighted by molar-refractivity contribution is 6.02. The van der Waals surface area contributed by atoms with E-state index in [0.29, 0.717) is 47.7 Å². The van der Waals surface area contributed by atoms with Gasteiger partial charge in [-0.05, 0) is 50.5 Å². The summed E-state index contributed by atoms with van der Waals surface area (Å²) in [4.78, 5) is 27.1. The molecule has 2 N–H and O–H groups in total. The third-order valence-corrected chi connectivity index (χ3v) is 6.47. The molecule has 0 spiro atoms. The number of rotatable bonds is 4. The minimum atomic E-state index is -0.859. The molecule has 0 radical (unpaired) electrons. The van der Waals surface area contributed by atoms with Gasteiger partial charge in [0.05, 0.1) is 34.6 Å². The van der Waals surface area contributed by atoms with E-state index in [1.54, 1.807) is 41.8 Å². The van der Waals surface area contributed by atoms with Gasteiger partial charge >= 0.3 is 0 Å². The zero-order chi connectivity index (χ0) is 24.2. The van der Waals surface area contributed by atoms with Crippen LogP contribution in [0, 0.1) is 13.8 Å². The second-order valence-corrected chi connectivity index (χ2v) is 9.16. The number of fused-ring (bicyclic) bond motifs is 2. The molecule has 5 rings (SSSR count). The fourth-order valence-corrected chi connectivity index (χ4v) is 4.71. The molecule has 1 aliphatic rings. The van der Waals surface area contributed by atoms with Crippen molar-refractivity contribution >= 4 is 22.8 Å². The SMILES string of the molecule is CNC(=O)c1c(C)cn2cc(Oc3ccnn4cc(C(=O)N5CC[C@@](C)(O)C5)c(C)c34)ccc12. The lowest BCUT2D eigenvalue weighted by molar-refractivity contribution is 0.0572. The van der Waals surface area contributed by atoms with Crippen LogP contribution in [-0.2, 0) is 0 Å². The summed E-state index contributed by atoms with van der Waals surface area (Å²) >= 11 is 0. The first-order valence-electron chi connectivity index (χ1n) is 11.2. The Morgan fingerprint density at radius 3 is 2.68 bits per heavy atom. The van der Waals surface area contributed by atoms with Crippen molar-refractivity contribution in [2.75, 3.05) is 20.1 Å². The largest absolute Gasteiger partial charge is 0.453 e. The summed E-state index contributed by atoms with van der Waals surface area (Å²) in [5.41, 5.74) is 3.43. The average Bonchev–Trinajstić information content (AvgIpc) is 3.45. The van der Waals surface area contributed by atoms with Crippen LogP contribution in [0.3, 0.4) is 0 Å². The first-order valence-corrected chi connectivity index (χ1v) is 11.2. The highest BCUT2D eigenvalue weighted by atomic mass is 16.5. The summed E-state index contributed by atoms with van der Waals surface area (Å²) in [6.45, 7) is 6.34. The van der Waals surface area contributed by atoms with Crippen LogP contribution < -0.4 is 10.1 Å². The normalized spacial score (nSPS) is 18.1. The number of aromatic nitrogens is 3. The standard InChI is InChI=1S/C25H27N5O4/c1-15-11-29-12-17(5-6-19(29)21(15)23(31)26-4)34-20-7-9-27-30-13-18(16(2)22(20)30)24(32)28-10-8-25(3,33)14-28/h5-7,9,11-13,33H,8,10,14H2,1-4H3,(H,26,31)/t25-/m1/s1. The van der Waals surface area contributed by atoms with Gasteiger partial charge in [-0.2, -0.15) is 5.10 Å². The monoisotopic (exact) mass is 461 g/mol. The predicted octanol–water partition coefficient (Wildman–Crippen LogP) is 2.95. The number of nitrogens with zero attached hydrogens (tertiary/aromatic N) is 4. The van der Waals surface area contributed by atoms with Gasteiger partial charge < -0.3 is 24.5 Å². The van der Waals surface area contributed by atoms with E-state index in [1.165, 1.54) is 0 Å². The van der Waals surface area contributed by atoms with Crippen molar-refractivity contribution in [3.63, 3.8) is 0 Å². The van der Waals surface area contributed by atoms with Crippen LogP contribution in [0.5, 0.6) is 11.5 Å². The molecule has 5 heterocycles. The number of nitrogens with one attached hydrogen (secondary N) is 1. The number of hydrogen-bond donors (Lipinski definition) is 2. The summed E-state index contributed by atoms with van der Waals surface area (Å²) in [6, 6.07) is 5.43. The molecule has 1 atom stereocenters. The van der Waals surface area contributed by atoms with Gasteiger partial charge in [0.15, 0.2) is 5.75 Å². The summed E-state index contributed by atoms with van der Waals surface area (Å²) in [6.07, 6.45) is 7.60. The molecule has 4 aromatic rings. The third-order valence-electron chi connectivity index (χ3n) is 6.47. The number of aliphatic hydroxyl groups is 1. The van der Waals surface area contributed by atoms with Crippen molar-refractivity contribution in [2.45, 2.75) is 32.8 Å². The Morgan fingerprint density at radius 2 is 1.97 bits per heavy atom. The van der Waals surface area contributed by atoms with Crippen LogP contribution in [-0.4, -0.2) is 61.6 Å². The van der Waals surface area contributed by atoms with E-state index in [2.05, 4.69) is 10.4 Å². The molecule has 0 aliphatic carbocycles. The molecule has 0 aromatic carbocycles. The maximum Gasteiger partial charge on any atom is 0.255 e. The van der Waals surface area contributed by atoms with Crippen molar-refractivity contribution in [2.24, 2.45) is 0 Å². The highest BCUT2D eigenvalue weighted by Gasteiger charge is 2.35. The van der Waals surface area contributed by atoms with Gasteiger partial charge in [-0.25, -0.2) is 4.52 Å². The Balaban J connectivity index is 1.49. The van der Waals surface area contributed by atoms with E-state index in [-0.39, 0.29) is 11.8 Å². The highest BCUT2D eigenvalue weighted by Crippen LogP contribution is 2.32. The van der Waals surface area contributed by atoms with Crippen molar-refractivity contribution < 1.29 is 19.4 Å². The summed E-state index contributed by atoms with van der Waals surface area (Å²) in [7, 11) is 1.61. The number of amides is 2. The van der Waals surface area contributed by atoms with Gasteiger partial charge in [-0.3, -0.25) is 9.59 Å². The van der Waals surface area contributed by atoms with E-state index in [9.17, 15) is 14.7 Å². The Labute approximate surface area is 196 Å². The van der Waals surface area contributed by atoms with E-state index >= 15 is 0 Å². The molecular formula is C25H27N5O4. The molecule has 34 heavy (non-hydrogen) atoms. The first-order chi connectivity index (χ1) is 16.2. The molecule has 9 heteroatoms. The smallest absolute Gasteiger partial charge is 0.255 e. The van der Waals surface area contributed by atoms with Crippen LogP contribution >= 0.6 is 0 Å². The van der Waals surface area contributed by atoms with Crippen molar-refractivity contribution in [3.05, 3.63) is 65.2 Å². The number of likely N-dealkylation sites (tertiary alicyclic amines) is 1. The number of ether oxygens (including phenoxy) is 1. The minimum Gasteiger partial charge on any atom is -0.453 e. The van der Waals surface area contributed by atoms with Crippen LogP contribution in [0.25, 0.3) is 11.0 Å². The van der Waals surface area contributed by atoms with E-state index in [4.69, 9.17) is 4.74 Å². The first kappa shape index (κ1) is 22.0. The molecule has 2 amide bonds. The third kappa shape index (κ3) is 3.58. The zero-order valence-corrected chi connectivity index (χ0v) is 19.6. The second kappa shape index (κ2) is 7.88. The molecular weight excluding hydrogens is 434 g/mol. The molecule has 1 saturated heterocycles. The lowest BCUT2D eigenvalue weighted by Gasteiger charge is -2.18. The van der Waals surface area contributed by atoms with Crippen LogP contribution in [0.15, 0.2) is 43.0 Å². The van der Waals surface area contributed by atoms with Gasteiger partial charge in [0.1, 0.15) is 11.3 Å². The number of aryl methyl sites for hydroxylation is 2. The number of pyridine rings is 1. The predicted molar refractivity (Wildman–Crippen MR) is 127 cm³/mol. The average molecular weight is 462 g/mol. The number of carbonyl (C=O) groups is 2. The van der Waals surface area contributed by atoms with Crippen molar-refractivity contribution in [1.82, 2.24) is 24.2 Å². The van der Waals surface area contributed by atoms with Crippen LogP contribution in [0.2, 0.25) is 0 Å². The summed E-state index contributed by atoms with van der Waals surface area (Å²) < 4.78 is 9.74. The second-order valence-electron chi connectivity index (χ2n) is 9.16. The van der Waals surface area contributed by atoms with Gasteiger partial charge in [0.2, 0.25) is 0 Å². The fraction of sp³-hybridized carbons (Fsp3) is 0.320. The Kier molecular flexibility index (Phi) is 5.09. The van der Waals surface area contributed by atoms with E-state index in [1.807, 2.05) is 42.8 Å². The molecule has 9 nitrogen and oxygen atoms in total. The Hall–Kier alpha value is -3.85. The lowest BCUT2D eigenvalue weighted by Crippen LogP contribution is -2.34. The van der Waals surface area contributed by atoms with Gasteiger partial charge in [-0.1, -0.05) is 0 Å². The molecule has 1 fully saturated rings. The quantitative estimate of drug-likeness (QED) is 0.487. The number of carbonyl (C=O) groups excluding carboxylic acids is 2. The molecule has 1 aliphatic heterocycles. The van der Waals surface area contributed by atoms with Gasteiger partial charge in [0, 0.05) is 38.6 Å². The molecule has 0 unspecified atom stereocenters. The summed E-state index contributed by atoms with van der Waals surface area (Å²) in [5, 5.41) is 17.3. The number of hydrogen-bond acceptors (Lipinski definition) is 5. The molecule has 0 bridgehead atoms. The summed E-state index contributed by atoms with van der Waals surface area (Å²) in [5.74, 6) is 0.889. The Bertz CT molecular complexity index is 1450.